The van der Waals surface area contributed by atoms with Gasteiger partial charge in [-0.1, -0.05) is 48.5 Å². The first kappa shape index (κ1) is 20.4. The van der Waals surface area contributed by atoms with Gasteiger partial charge >= 0.3 is 6.09 Å². The number of ether oxygens (including phenoxy) is 3. The Balaban J connectivity index is 1.48. The van der Waals surface area contributed by atoms with E-state index >= 15 is 0 Å². The summed E-state index contributed by atoms with van der Waals surface area (Å²) in [6.45, 7) is 6.35. The molecule has 3 rings (SSSR count). The Morgan fingerprint density at radius 3 is 2.18 bits per heavy atom. The number of hydrogen-bond acceptors (Lipinski definition) is 4. The second-order valence-electron chi connectivity index (χ2n) is 7.26. The van der Waals surface area contributed by atoms with Crippen molar-refractivity contribution in [2.24, 2.45) is 0 Å². The predicted molar refractivity (Wildman–Crippen MR) is 110 cm³/mol. The van der Waals surface area contributed by atoms with Crippen molar-refractivity contribution in [2.75, 3.05) is 40.0 Å². The first-order valence-corrected chi connectivity index (χ1v) is 9.83. The van der Waals surface area contributed by atoms with E-state index in [9.17, 15) is 4.79 Å². The van der Waals surface area contributed by atoms with Crippen molar-refractivity contribution in [2.45, 2.75) is 25.9 Å². The maximum absolute atomic E-state index is 12.4. The molecule has 2 aromatic carbocycles. The van der Waals surface area contributed by atoms with Gasteiger partial charge in [0.1, 0.15) is 6.61 Å². The molecule has 150 valence electrons. The summed E-state index contributed by atoms with van der Waals surface area (Å²) < 4.78 is 16.5. The minimum absolute atomic E-state index is 0.0779. The summed E-state index contributed by atoms with van der Waals surface area (Å²) in [6.07, 6.45) is -0.129. The van der Waals surface area contributed by atoms with Crippen LogP contribution >= 0.6 is 0 Å². The Morgan fingerprint density at radius 1 is 0.964 bits per heavy atom. The summed E-state index contributed by atoms with van der Waals surface area (Å²) in [5.74, 6) is 0.0779. The largest absolute Gasteiger partial charge is 0.448 e. The number of fused-ring (bicyclic) bond motifs is 3. The summed E-state index contributed by atoms with van der Waals surface area (Å²) >= 11 is 0. The highest BCUT2D eigenvalue weighted by molar-refractivity contribution is 5.79. The average Bonchev–Trinajstić information content (AvgIpc) is 3.02. The molecule has 0 radical (unpaired) electrons. The van der Waals surface area contributed by atoms with E-state index in [1.165, 1.54) is 22.3 Å². The van der Waals surface area contributed by atoms with Gasteiger partial charge in [-0.3, -0.25) is 0 Å². The van der Waals surface area contributed by atoms with Crippen LogP contribution in [0.5, 0.6) is 0 Å². The number of amides is 1. The second-order valence-corrected chi connectivity index (χ2v) is 7.26. The number of carbonyl (C=O) groups excluding carboxylic acids is 1. The molecule has 28 heavy (non-hydrogen) atoms. The van der Waals surface area contributed by atoms with Gasteiger partial charge in [-0.05, 0) is 36.1 Å². The third-order valence-corrected chi connectivity index (χ3v) is 4.90. The molecule has 2 aromatic rings. The van der Waals surface area contributed by atoms with Gasteiger partial charge < -0.3 is 19.1 Å². The second kappa shape index (κ2) is 9.71. The van der Waals surface area contributed by atoms with Gasteiger partial charge in [-0.25, -0.2) is 4.79 Å². The van der Waals surface area contributed by atoms with Gasteiger partial charge in [0.25, 0.3) is 0 Å². The maximum atomic E-state index is 12.4. The van der Waals surface area contributed by atoms with Crippen LogP contribution in [0.4, 0.5) is 4.79 Å². The lowest BCUT2D eigenvalue weighted by atomic mass is 9.98. The van der Waals surface area contributed by atoms with Gasteiger partial charge in [0.05, 0.1) is 25.9 Å². The van der Waals surface area contributed by atoms with Gasteiger partial charge in [-0.15, -0.1) is 0 Å². The lowest BCUT2D eigenvalue weighted by molar-refractivity contribution is 0.0147. The van der Waals surface area contributed by atoms with E-state index in [0.717, 1.165) is 0 Å². The Labute approximate surface area is 167 Å². The molecule has 0 N–H and O–H groups in total. The molecule has 1 aliphatic rings. The molecule has 1 aliphatic carbocycles. The van der Waals surface area contributed by atoms with E-state index < -0.39 is 0 Å². The molecule has 0 saturated carbocycles. The lowest BCUT2D eigenvalue weighted by Gasteiger charge is -2.19. The molecule has 0 fully saturated rings. The highest BCUT2D eigenvalue weighted by Gasteiger charge is 2.29. The summed E-state index contributed by atoms with van der Waals surface area (Å²) in [4.78, 5) is 13.9. The highest BCUT2D eigenvalue weighted by Crippen LogP contribution is 2.44. The van der Waals surface area contributed by atoms with Crippen LogP contribution in [-0.2, 0) is 14.2 Å². The van der Waals surface area contributed by atoms with Gasteiger partial charge in [0.2, 0.25) is 0 Å². The smallest absolute Gasteiger partial charge is 0.409 e. The van der Waals surface area contributed by atoms with E-state index in [0.29, 0.717) is 33.0 Å². The van der Waals surface area contributed by atoms with E-state index in [4.69, 9.17) is 14.2 Å². The van der Waals surface area contributed by atoms with Crippen molar-refractivity contribution in [1.82, 2.24) is 4.90 Å². The summed E-state index contributed by atoms with van der Waals surface area (Å²) in [6, 6.07) is 16.6. The monoisotopic (exact) mass is 383 g/mol. The number of hydrogen-bond donors (Lipinski definition) is 0. The first-order valence-electron chi connectivity index (χ1n) is 9.83. The zero-order valence-corrected chi connectivity index (χ0v) is 16.9. The number of nitrogens with zero attached hydrogens (tertiary/aromatic N) is 1. The Hall–Kier alpha value is -2.37. The molecule has 0 heterocycles. The fraction of sp³-hybridized carbons (Fsp3) is 0.435. The van der Waals surface area contributed by atoms with Crippen LogP contribution in [0.2, 0.25) is 0 Å². The van der Waals surface area contributed by atoms with Crippen LogP contribution in [0.25, 0.3) is 11.1 Å². The lowest BCUT2D eigenvalue weighted by Crippen LogP contribution is -2.32. The van der Waals surface area contributed by atoms with Crippen molar-refractivity contribution < 1.29 is 19.0 Å². The normalized spacial score (nSPS) is 12.7. The van der Waals surface area contributed by atoms with E-state index in [2.05, 4.69) is 24.3 Å². The topological polar surface area (TPSA) is 48.0 Å². The molecule has 0 atom stereocenters. The number of benzene rings is 2. The molecular weight excluding hydrogens is 354 g/mol. The fourth-order valence-corrected chi connectivity index (χ4v) is 3.44. The van der Waals surface area contributed by atoms with Crippen molar-refractivity contribution >= 4 is 6.09 Å². The summed E-state index contributed by atoms with van der Waals surface area (Å²) in [5, 5.41) is 0. The van der Waals surface area contributed by atoms with Gasteiger partial charge in [-0.2, -0.15) is 0 Å². The highest BCUT2D eigenvalue weighted by atomic mass is 16.6. The Bertz CT molecular complexity index is 744. The van der Waals surface area contributed by atoms with Crippen LogP contribution in [0.3, 0.4) is 0 Å². The molecule has 1 amide bonds. The van der Waals surface area contributed by atoms with E-state index in [-0.39, 0.29) is 18.1 Å². The van der Waals surface area contributed by atoms with Crippen molar-refractivity contribution in [1.29, 1.82) is 0 Å². The minimum Gasteiger partial charge on any atom is -0.448 e. The van der Waals surface area contributed by atoms with Crippen LogP contribution in [-0.4, -0.2) is 57.1 Å². The van der Waals surface area contributed by atoms with Crippen molar-refractivity contribution in [3.63, 3.8) is 0 Å². The van der Waals surface area contributed by atoms with E-state index in [1.54, 1.807) is 11.9 Å². The van der Waals surface area contributed by atoms with Crippen LogP contribution in [0, 0.1) is 0 Å². The van der Waals surface area contributed by atoms with Gasteiger partial charge in [0, 0.05) is 19.5 Å². The van der Waals surface area contributed by atoms with E-state index in [1.807, 2.05) is 38.1 Å². The molecular formula is C23H29NO4. The van der Waals surface area contributed by atoms with Crippen LogP contribution in [0.1, 0.15) is 30.9 Å². The summed E-state index contributed by atoms with van der Waals surface area (Å²) in [5.41, 5.74) is 4.88. The molecule has 0 bridgehead atoms. The fourth-order valence-electron chi connectivity index (χ4n) is 3.44. The Kier molecular flexibility index (Phi) is 7.06. The average molecular weight is 383 g/mol. The molecule has 5 heteroatoms. The molecule has 0 spiro atoms. The third-order valence-electron chi connectivity index (χ3n) is 4.90. The van der Waals surface area contributed by atoms with Crippen LogP contribution in [0.15, 0.2) is 48.5 Å². The molecule has 0 aromatic heterocycles. The quantitative estimate of drug-likeness (QED) is 0.606. The molecule has 0 aliphatic heterocycles. The number of likely N-dealkylation sites (N-methyl/N-ethyl adjacent to an activating group) is 1. The number of rotatable bonds is 9. The molecule has 0 saturated heterocycles. The zero-order valence-electron chi connectivity index (χ0n) is 16.9. The maximum Gasteiger partial charge on any atom is 0.409 e. The third kappa shape index (κ3) is 4.91. The predicted octanol–water partition coefficient (Wildman–Crippen LogP) is 4.31. The summed E-state index contributed by atoms with van der Waals surface area (Å²) in [7, 11) is 1.73. The van der Waals surface area contributed by atoms with Gasteiger partial charge in [0.15, 0.2) is 0 Å². The standard InChI is InChI=1S/C23H29NO4/c1-17(2)27-15-14-26-13-12-24(3)23(25)28-16-22-20-10-6-4-8-18(20)19-9-5-7-11-21(19)22/h4-11,17,22H,12-16H2,1-3H3. The van der Waals surface area contributed by atoms with Crippen molar-refractivity contribution in [3.05, 3.63) is 59.7 Å². The zero-order chi connectivity index (χ0) is 19.9. The Morgan fingerprint density at radius 2 is 1.57 bits per heavy atom. The van der Waals surface area contributed by atoms with Crippen molar-refractivity contribution in [3.8, 4) is 11.1 Å². The molecule has 0 unspecified atom stereocenters. The first-order chi connectivity index (χ1) is 13.6. The SMILES string of the molecule is CC(C)OCCOCCN(C)C(=O)OCC1c2ccccc2-c2ccccc21. The number of carbonyl (C=O) groups is 1. The molecule has 5 nitrogen and oxygen atoms in total. The van der Waals surface area contributed by atoms with Crippen LogP contribution < -0.4 is 0 Å². The minimum atomic E-state index is -0.330.